The van der Waals surface area contributed by atoms with Gasteiger partial charge in [-0.15, -0.1) is 12.4 Å². The number of nitrogens with two attached hydrogens (primary N) is 1. The van der Waals surface area contributed by atoms with Crippen LogP contribution in [0.5, 0.6) is 0 Å². The van der Waals surface area contributed by atoms with Crippen LogP contribution in [0.25, 0.3) is 0 Å². The fourth-order valence-electron chi connectivity index (χ4n) is 4.16. The number of aryl methyl sites for hydroxylation is 1. The highest BCUT2D eigenvalue weighted by Crippen LogP contribution is 2.28. The van der Waals surface area contributed by atoms with E-state index in [4.69, 9.17) is 5.73 Å². The van der Waals surface area contributed by atoms with E-state index in [-0.39, 0.29) is 35.2 Å². The minimum absolute atomic E-state index is 0. The Morgan fingerprint density at radius 1 is 1.18 bits per heavy atom. The third kappa shape index (κ3) is 5.92. The number of hydrogen-bond acceptors (Lipinski definition) is 4. The smallest absolute Gasteiger partial charge is 0.240 e. The van der Waals surface area contributed by atoms with Gasteiger partial charge in [0, 0.05) is 32.1 Å². The number of nitrogens with one attached hydrogen (secondary N) is 1. The van der Waals surface area contributed by atoms with Gasteiger partial charge in [0.25, 0.3) is 0 Å². The SMILES string of the molecule is Cc1ccc(S(=O)(=O)NCC2CCCN(C(=O)C[C@@H]3CCC[C@H]3N)C2)cc1.Cl. The number of benzene rings is 1. The Morgan fingerprint density at radius 2 is 1.89 bits per heavy atom. The van der Waals surface area contributed by atoms with E-state index in [0.29, 0.717) is 25.4 Å². The quantitative estimate of drug-likeness (QED) is 0.726. The predicted octanol–water partition coefficient (Wildman–Crippen LogP) is 2.45. The van der Waals surface area contributed by atoms with Crippen LogP contribution < -0.4 is 10.5 Å². The molecule has 1 saturated carbocycles. The van der Waals surface area contributed by atoms with Crippen molar-refractivity contribution in [2.24, 2.45) is 17.6 Å². The van der Waals surface area contributed by atoms with Crippen LogP contribution in [-0.2, 0) is 14.8 Å². The predicted molar refractivity (Wildman–Crippen MR) is 113 cm³/mol. The molecule has 3 N–H and O–H groups in total. The topological polar surface area (TPSA) is 92.5 Å². The Kier molecular flexibility index (Phi) is 8.30. The Labute approximate surface area is 174 Å². The molecule has 3 rings (SSSR count). The minimum atomic E-state index is -3.51. The summed E-state index contributed by atoms with van der Waals surface area (Å²) in [5.41, 5.74) is 7.12. The van der Waals surface area contributed by atoms with Crippen LogP contribution in [0.4, 0.5) is 0 Å². The second-order valence-corrected chi connectivity index (χ2v) is 9.84. The summed E-state index contributed by atoms with van der Waals surface area (Å²) in [7, 11) is -3.51. The molecule has 1 aliphatic carbocycles. The molecule has 6 nitrogen and oxygen atoms in total. The summed E-state index contributed by atoms with van der Waals surface area (Å²) in [4.78, 5) is 14.8. The number of carbonyl (C=O) groups excluding carboxylic acids is 1. The zero-order chi connectivity index (χ0) is 19.4. The molecule has 1 saturated heterocycles. The van der Waals surface area contributed by atoms with E-state index in [0.717, 1.165) is 44.2 Å². The average molecular weight is 430 g/mol. The summed E-state index contributed by atoms with van der Waals surface area (Å²) in [5, 5.41) is 0. The first-order valence-corrected chi connectivity index (χ1v) is 11.4. The molecule has 0 aromatic heterocycles. The normalized spacial score (nSPS) is 25.4. The van der Waals surface area contributed by atoms with Gasteiger partial charge in [-0.1, -0.05) is 24.1 Å². The maximum Gasteiger partial charge on any atom is 0.240 e. The molecular weight excluding hydrogens is 398 g/mol. The summed E-state index contributed by atoms with van der Waals surface area (Å²) in [6.45, 7) is 3.68. The molecule has 0 spiro atoms. The van der Waals surface area contributed by atoms with E-state index in [1.807, 2.05) is 11.8 Å². The molecule has 1 aliphatic heterocycles. The molecule has 0 bridgehead atoms. The van der Waals surface area contributed by atoms with Crippen molar-refractivity contribution < 1.29 is 13.2 Å². The summed E-state index contributed by atoms with van der Waals surface area (Å²) in [6.07, 6.45) is 5.55. The van der Waals surface area contributed by atoms with Crippen LogP contribution in [0.1, 0.15) is 44.1 Å². The molecule has 3 atom stereocenters. The molecule has 1 amide bonds. The number of piperidine rings is 1. The molecule has 1 aromatic carbocycles. The molecule has 28 heavy (non-hydrogen) atoms. The molecule has 8 heteroatoms. The van der Waals surface area contributed by atoms with E-state index < -0.39 is 10.0 Å². The highest BCUT2D eigenvalue weighted by molar-refractivity contribution is 7.89. The average Bonchev–Trinajstić information content (AvgIpc) is 3.05. The van der Waals surface area contributed by atoms with E-state index in [1.54, 1.807) is 24.3 Å². The third-order valence-electron chi connectivity index (χ3n) is 5.92. The van der Waals surface area contributed by atoms with E-state index >= 15 is 0 Å². The summed E-state index contributed by atoms with van der Waals surface area (Å²) >= 11 is 0. The highest BCUT2D eigenvalue weighted by atomic mass is 35.5. The summed E-state index contributed by atoms with van der Waals surface area (Å²) in [6, 6.07) is 6.99. The van der Waals surface area contributed by atoms with Crippen LogP contribution >= 0.6 is 12.4 Å². The van der Waals surface area contributed by atoms with Crippen molar-refractivity contribution in [1.29, 1.82) is 0 Å². The maximum atomic E-state index is 12.6. The molecule has 2 fully saturated rings. The van der Waals surface area contributed by atoms with Gasteiger partial charge in [0.05, 0.1) is 4.90 Å². The van der Waals surface area contributed by atoms with Crippen molar-refractivity contribution in [1.82, 2.24) is 9.62 Å². The fourth-order valence-corrected chi connectivity index (χ4v) is 5.28. The van der Waals surface area contributed by atoms with Crippen molar-refractivity contribution in [3.8, 4) is 0 Å². The van der Waals surface area contributed by atoms with Crippen molar-refractivity contribution in [3.05, 3.63) is 29.8 Å². The molecule has 0 radical (unpaired) electrons. The molecule has 1 aromatic rings. The van der Waals surface area contributed by atoms with E-state index in [1.165, 1.54) is 0 Å². The van der Waals surface area contributed by atoms with Crippen LogP contribution in [0.3, 0.4) is 0 Å². The van der Waals surface area contributed by atoms with Gasteiger partial charge >= 0.3 is 0 Å². The van der Waals surface area contributed by atoms with E-state index in [9.17, 15) is 13.2 Å². The largest absolute Gasteiger partial charge is 0.342 e. The lowest BCUT2D eigenvalue weighted by Crippen LogP contribution is -2.44. The monoisotopic (exact) mass is 429 g/mol. The molecule has 1 unspecified atom stereocenters. The number of nitrogens with zero attached hydrogens (tertiary/aromatic N) is 1. The first kappa shape index (κ1) is 23.1. The second kappa shape index (κ2) is 10.1. The number of amides is 1. The summed E-state index contributed by atoms with van der Waals surface area (Å²) < 4.78 is 27.6. The van der Waals surface area contributed by atoms with Crippen LogP contribution in [0, 0.1) is 18.8 Å². The number of rotatable bonds is 6. The molecular formula is C20H32ClN3O3S. The first-order valence-electron chi connectivity index (χ1n) is 9.95. The Hall–Kier alpha value is -1.15. The third-order valence-corrected chi connectivity index (χ3v) is 7.36. The van der Waals surface area contributed by atoms with Crippen LogP contribution in [-0.4, -0.2) is 44.9 Å². The Balaban J connectivity index is 0.00000280. The van der Waals surface area contributed by atoms with Crippen molar-refractivity contribution in [2.45, 2.75) is 56.4 Å². The van der Waals surface area contributed by atoms with Crippen molar-refractivity contribution in [3.63, 3.8) is 0 Å². The second-order valence-electron chi connectivity index (χ2n) is 8.07. The number of sulfonamides is 1. The maximum absolute atomic E-state index is 12.6. The number of likely N-dealkylation sites (tertiary alicyclic amines) is 1. The van der Waals surface area contributed by atoms with Gasteiger partial charge in [0.2, 0.25) is 15.9 Å². The number of halogens is 1. The zero-order valence-electron chi connectivity index (χ0n) is 16.5. The van der Waals surface area contributed by atoms with Gasteiger partial charge in [-0.2, -0.15) is 0 Å². The van der Waals surface area contributed by atoms with Gasteiger partial charge in [-0.25, -0.2) is 13.1 Å². The minimum Gasteiger partial charge on any atom is -0.342 e. The Bertz CT molecular complexity index is 754. The number of carbonyl (C=O) groups is 1. The zero-order valence-corrected chi connectivity index (χ0v) is 18.1. The standard InChI is InChI=1S/C20H31N3O3S.ClH/c1-15-7-9-18(10-8-15)27(25,26)22-13-16-4-3-11-23(14-16)20(24)12-17-5-2-6-19(17)21;/h7-10,16-17,19,22H,2-6,11-14,21H2,1H3;1H/t16?,17-,19+;/m0./s1. The van der Waals surface area contributed by atoms with Crippen LogP contribution in [0.15, 0.2) is 29.2 Å². The lowest BCUT2D eigenvalue weighted by Gasteiger charge is -2.33. The fraction of sp³-hybridized carbons (Fsp3) is 0.650. The van der Waals surface area contributed by atoms with Gasteiger partial charge < -0.3 is 10.6 Å². The molecule has 158 valence electrons. The first-order chi connectivity index (χ1) is 12.8. The lowest BCUT2D eigenvalue weighted by molar-refractivity contribution is -0.134. The number of hydrogen-bond donors (Lipinski definition) is 2. The van der Waals surface area contributed by atoms with Gasteiger partial charge in [-0.05, 0) is 56.6 Å². The lowest BCUT2D eigenvalue weighted by atomic mass is 9.95. The van der Waals surface area contributed by atoms with Crippen molar-refractivity contribution in [2.75, 3.05) is 19.6 Å². The summed E-state index contributed by atoms with van der Waals surface area (Å²) in [5.74, 6) is 0.626. The van der Waals surface area contributed by atoms with E-state index in [2.05, 4.69) is 4.72 Å². The van der Waals surface area contributed by atoms with Gasteiger partial charge in [0.15, 0.2) is 0 Å². The van der Waals surface area contributed by atoms with Crippen molar-refractivity contribution >= 4 is 28.3 Å². The highest BCUT2D eigenvalue weighted by Gasteiger charge is 2.30. The molecule has 1 heterocycles. The van der Waals surface area contributed by atoms with Gasteiger partial charge in [-0.3, -0.25) is 4.79 Å². The Morgan fingerprint density at radius 3 is 2.54 bits per heavy atom. The van der Waals surface area contributed by atoms with Crippen LogP contribution in [0.2, 0.25) is 0 Å². The molecule has 2 aliphatic rings. The van der Waals surface area contributed by atoms with Gasteiger partial charge in [0.1, 0.15) is 0 Å².